The number of nitrogens with one attached hydrogen (secondary N) is 1. The predicted molar refractivity (Wildman–Crippen MR) is 71.8 cm³/mol. The minimum Gasteiger partial charge on any atom is -0.489 e. The van der Waals surface area contributed by atoms with Crippen molar-refractivity contribution in [1.29, 1.82) is 0 Å². The smallest absolute Gasteiger partial charge is 0.145 e. The topological polar surface area (TPSA) is 54.4 Å². The highest BCUT2D eigenvalue weighted by atomic mass is 16.5. The van der Waals surface area contributed by atoms with Gasteiger partial charge in [0, 0.05) is 11.6 Å². The van der Waals surface area contributed by atoms with Gasteiger partial charge in [0.05, 0.1) is 12.1 Å². The fourth-order valence-electron chi connectivity index (χ4n) is 1.63. The molecule has 1 aromatic carbocycles. The van der Waals surface area contributed by atoms with Crippen LogP contribution in [0.25, 0.3) is 10.9 Å². The van der Waals surface area contributed by atoms with Crippen molar-refractivity contribution in [2.45, 2.75) is 12.5 Å². The van der Waals surface area contributed by atoms with Crippen LogP contribution < -0.4 is 10.1 Å². The van der Waals surface area contributed by atoms with Crippen molar-refractivity contribution in [2.75, 3.05) is 20.3 Å². The molecule has 1 atom stereocenters. The molecule has 2 aromatic rings. The lowest BCUT2D eigenvalue weighted by Crippen LogP contribution is -2.48. The second-order valence-electron chi connectivity index (χ2n) is 4.59. The van der Waals surface area contributed by atoms with E-state index in [1.54, 1.807) is 13.2 Å². The number of rotatable bonds is 5. The van der Waals surface area contributed by atoms with Gasteiger partial charge in [-0.05, 0) is 26.1 Å². The molecular weight excluding hydrogens is 228 g/mol. The van der Waals surface area contributed by atoms with E-state index in [-0.39, 0.29) is 6.61 Å². The number of aromatic nitrogens is 1. The lowest BCUT2D eigenvalue weighted by atomic mass is 10.1. The number of hydrogen-bond acceptors (Lipinski definition) is 4. The highest BCUT2D eigenvalue weighted by molar-refractivity contribution is 5.84. The SMILES string of the molecule is CNC(C)(CO)COc1cccc2cccnc12. The maximum atomic E-state index is 9.32. The number of hydrogen-bond donors (Lipinski definition) is 2. The van der Waals surface area contributed by atoms with Crippen LogP contribution in [0.15, 0.2) is 36.5 Å². The van der Waals surface area contributed by atoms with Crippen LogP contribution in [0.2, 0.25) is 0 Å². The molecule has 4 heteroatoms. The van der Waals surface area contributed by atoms with Crippen molar-refractivity contribution in [2.24, 2.45) is 0 Å². The molecule has 1 aromatic heterocycles. The molecule has 1 heterocycles. The Hall–Kier alpha value is -1.65. The highest BCUT2D eigenvalue weighted by Crippen LogP contribution is 2.23. The molecule has 0 aliphatic carbocycles. The first-order chi connectivity index (χ1) is 8.68. The molecule has 0 saturated heterocycles. The number of nitrogens with zero attached hydrogens (tertiary/aromatic N) is 1. The third kappa shape index (κ3) is 2.60. The maximum absolute atomic E-state index is 9.32. The average Bonchev–Trinajstić information content (AvgIpc) is 2.44. The Labute approximate surface area is 107 Å². The van der Waals surface area contributed by atoms with Crippen LogP contribution in [0, 0.1) is 0 Å². The van der Waals surface area contributed by atoms with E-state index >= 15 is 0 Å². The molecular formula is C14H18N2O2. The normalized spacial score (nSPS) is 14.4. The van der Waals surface area contributed by atoms with Crippen LogP contribution in [-0.4, -0.2) is 35.9 Å². The average molecular weight is 246 g/mol. The number of pyridine rings is 1. The Bertz CT molecular complexity index is 519. The summed E-state index contributed by atoms with van der Waals surface area (Å²) in [4.78, 5) is 4.33. The fraction of sp³-hybridized carbons (Fsp3) is 0.357. The predicted octanol–water partition coefficient (Wildman–Crippen LogP) is 1.58. The van der Waals surface area contributed by atoms with Crippen molar-refractivity contribution in [3.05, 3.63) is 36.5 Å². The van der Waals surface area contributed by atoms with E-state index in [1.165, 1.54) is 0 Å². The summed E-state index contributed by atoms with van der Waals surface area (Å²) in [5, 5.41) is 13.4. The van der Waals surface area contributed by atoms with Gasteiger partial charge in [-0.1, -0.05) is 18.2 Å². The van der Waals surface area contributed by atoms with Gasteiger partial charge in [-0.15, -0.1) is 0 Å². The summed E-state index contributed by atoms with van der Waals surface area (Å²) < 4.78 is 5.78. The number of para-hydroxylation sites is 1. The van der Waals surface area contributed by atoms with E-state index in [9.17, 15) is 5.11 Å². The van der Waals surface area contributed by atoms with E-state index in [0.29, 0.717) is 6.61 Å². The van der Waals surface area contributed by atoms with Crippen LogP contribution in [0.1, 0.15) is 6.92 Å². The van der Waals surface area contributed by atoms with E-state index in [0.717, 1.165) is 16.7 Å². The minimum atomic E-state index is -0.447. The minimum absolute atomic E-state index is 0.0156. The zero-order valence-electron chi connectivity index (χ0n) is 10.7. The van der Waals surface area contributed by atoms with Gasteiger partial charge < -0.3 is 15.2 Å². The summed E-state index contributed by atoms with van der Waals surface area (Å²) in [5.41, 5.74) is 0.396. The Morgan fingerprint density at radius 3 is 2.83 bits per heavy atom. The maximum Gasteiger partial charge on any atom is 0.145 e. The molecule has 0 fully saturated rings. The monoisotopic (exact) mass is 246 g/mol. The van der Waals surface area contributed by atoms with Crippen LogP contribution in [0.4, 0.5) is 0 Å². The lowest BCUT2D eigenvalue weighted by Gasteiger charge is -2.26. The standard InChI is InChI=1S/C14H18N2O2/c1-14(9-17,15-2)10-18-12-7-3-5-11-6-4-8-16-13(11)12/h3-8,15,17H,9-10H2,1-2H3. The van der Waals surface area contributed by atoms with E-state index in [2.05, 4.69) is 10.3 Å². The molecule has 96 valence electrons. The van der Waals surface area contributed by atoms with Crippen molar-refractivity contribution in [3.8, 4) is 5.75 Å². The number of aliphatic hydroxyl groups excluding tert-OH is 1. The summed E-state index contributed by atoms with van der Waals surface area (Å²) in [7, 11) is 1.81. The fourth-order valence-corrected chi connectivity index (χ4v) is 1.63. The van der Waals surface area contributed by atoms with Gasteiger partial charge in [0.1, 0.15) is 17.9 Å². The highest BCUT2D eigenvalue weighted by Gasteiger charge is 2.22. The molecule has 1 unspecified atom stereocenters. The number of benzene rings is 1. The molecule has 0 spiro atoms. The quantitative estimate of drug-likeness (QED) is 0.841. The molecule has 0 aliphatic heterocycles. The van der Waals surface area contributed by atoms with E-state index < -0.39 is 5.54 Å². The largest absolute Gasteiger partial charge is 0.489 e. The summed E-state index contributed by atoms with van der Waals surface area (Å²) in [6.45, 7) is 2.31. The molecule has 0 radical (unpaired) electrons. The van der Waals surface area contributed by atoms with Crippen LogP contribution in [-0.2, 0) is 0 Å². The van der Waals surface area contributed by atoms with Crippen molar-refractivity contribution < 1.29 is 9.84 Å². The first-order valence-electron chi connectivity index (χ1n) is 5.95. The Morgan fingerprint density at radius 1 is 1.33 bits per heavy atom. The molecule has 18 heavy (non-hydrogen) atoms. The molecule has 2 rings (SSSR count). The van der Waals surface area contributed by atoms with Crippen molar-refractivity contribution in [1.82, 2.24) is 10.3 Å². The Balaban J connectivity index is 2.22. The van der Waals surface area contributed by atoms with Gasteiger partial charge >= 0.3 is 0 Å². The van der Waals surface area contributed by atoms with E-state index in [1.807, 2.05) is 37.3 Å². The van der Waals surface area contributed by atoms with Gasteiger partial charge in [0.15, 0.2) is 0 Å². The first-order valence-corrected chi connectivity index (χ1v) is 5.95. The second kappa shape index (κ2) is 5.33. The third-order valence-corrected chi connectivity index (χ3v) is 3.09. The number of aliphatic hydroxyl groups is 1. The first kappa shape index (κ1) is 12.8. The van der Waals surface area contributed by atoms with Crippen molar-refractivity contribution in [3.63, 3.8) is 0 Å². The van der Waals surface area contributed by atoms with Gasteiger partial charge in [-0.25, -0.2) is 0 Å². The molecule has 0 saturated carbocycles. The van der Waals surface area contributed by atoms with Crippen molar-refractivity contribution >= 4 is 10.9 Å². The third-order valence-electron chi connectivity index (χ3n) is 3.09. The molecule has 0 amide bonds. The summed E-state index contributed by atoms with van der Waals surface area (Å²) in [6, 6.07) is 9.73. The number of likely N-dealkylation sites (N-methyl/N-ethyl adjacent to an activating group) is 1. The van der Waals surface area contributed by atoms with Gasteiger partial charge in [-0.3, -0.25) is 4.98 Å². The zero-order valence-corrected chi connectivity index (χ0v) is 10.7. The Kier molecular flexibility index (Phi) is 3.79. The van der Waals surface area contributed by atoms with Gasteiger partial charge in [0.2, 0.25) is 0 Å². The van der Waals surface area contributed by atoms with Crippen LogP contribution >= 0.6 is 0 Å². The zero-order chi connectivity index (χ0) is 13.0. The van der Waals surface area contributed by atoms with E-state index in [4.69, 9.17) is 4.74 Å². The molecule has 2 N–H and O–H groups in total. The number of ether oxygens (including phenoxy) is 1. The summed E-state index contributed by atoms with van der Waals surface area (Å²) >= 11 is 0. The Morgan fingerprint density at radius 2 is 2.11 bits per heavy atom. The lowest BCUT2D eigenvalue weighted by molar-refractivity contribution is 0.123. The van der Waals surface area contributed by atoms with Gasteiger partial charge in [0.25, 0.3) is 0 Å². The molecule has 0 bridgehead atoms. The van der Waals surface area contributed by atoms with Gasteiger partial charge in [-0.2, -0.15) is 0 Å². The molecule has 4 nitrogen and oxygen atoms in total. The summed E-state index contributed by atoms with van der Waals surface area (Å²) in [5.74, 6) is 0.739. The second-order valence-corrected chi connectivity index (χ2v) is 4.59. The molecule has 0 aliphatic rings. The number of fused-ring (bicyclic) bond motifs is 1. The van der Waals surface area contributed by atoms with Crippen LogP contribution in [0.5, 0.6) is 5.75 Å². The van der Waals surface area contributed by atoms with Crippen LogP contribution in [0.3, 0.4) is 0 Å². The summed E-state index contributed by atoms with van der Waals surface area (Å²) in [6.07, 6.45) is 1.75.